The van der Waals surface area contributed by atoms with E-state index in [1.54, 1.807) is 18.2 Å². The number of nitrogen functional groups attached to an aromatic ring is 1. The molecule has 19 heavy (non-hydrogen) atoms. The molecule has 5 nitrogen and oxygen atoms in total. The average Bonchev–Trinajstić information content (AvgIpc) is 2.43. The lowest BCUT2D eigenvalue weighted by atomic mass is 10.2. The second kappa shape index (κ2) is 6.23. The monoisotopic (exact) mass is 282 g/mol. The van der Waals surface area contributed by atoms with Crippen LogP contribution in [0.1, 0.15) is 6.92 Å². The number of hydrogen-bond acceptors (Lipinski definition) is 4. The van der Waals surface area contributed by atoms with Crippen LogP contribution in [-0.2, 0) is 4.79 Å². The summed E-state index contributed by atoms with van der Waals surface area (Å²) in [5.74, 6) is -0.0244. The predicted molar refractivity (Wildman–Crippen MR) is 78.4 cm³/mol. The number of benzene rings is 1. The van der Waals surface area contributed by atoms with E-state index in [1.165, 1.54) is 0 Å². The van der Waals surface area contributed by atoms with Crippen LogP contribution in [0, 0.1) is 0 Å². The molecular formula is C13H19ClN4O. The van der Waals surface area contributed by atoms with Gasteiger partial charge in [-0.1, -0.05) is 11.6 Å². The Bertz CT molecular complexity index is 460. The van der Waals surface area contributed by atoms with Crippen LogP contribution in [0.3, 0.4) is 0 Å². The number of rotatable bonds is 3. The van der Waals surface area contributed by atoms with Crippen LogP contribution in [0.25, 0.3) is 0 Å². The van der Waals surface area contributed by atoms with Gasteiger partial charge in [0.05, 0.1) is 16.8 Å². The Morgan fingerprint density at radius 2 is 2.16 bits per heavy atom. The zero-order valence-corrected chi connectivity index (χ0v) is 11.7. The van der Waals surface area contributed by atoms with Crippen molar-refractivity contribution in [1.29, 1.82) is 0 Å². The highest BCUT2D eigenvalue weighted by Crippen LogP contribution is 2.22. The van der Waals surface area contributed by atoms with E-state index in [1.807, 2.05) is 6.92 Å². The van der Waals surface area contributed by atoms with Crippen molar-refractivity contribution in [3.8, 4) is 0 Å². The minimum Gasteiger partial charge on any atom is -0.397 e. The number of anilines is 2. The Morgan fingerprint density at radius 3 is 2.79 bits per heavy atom. The maximum Gasteiger partial charge on any atom is 0.241 e. The molecule has 0 bridgehead atoms. The number of nitrogens with one attached hydrogen (secondary N) is 2. The van der Waals surface area contributed by atoms with Crippen LogP contribution in [0.4, 0.5) is 11.4 Å². The standard InChI is InChI=1S/C13H19ClN4O/c1-9(18-6-4-16-5-7-18)13(19)17-10-2-3-11(14)12(15)8-10/h2-3,8-9,16H,4-7,15H2,1H3,(H,17,19). The number of hydrogen-bond donors (Lipinski definition) is 3. The Balaban J connectivity index is 1.97. The molecule has 1 aromatic carbocycles. The van der Waals surface area contributed by atoms with Crippen molar-refractivity contribution in [3.63, 3.8) is 0 Å². The van der Waals surface area contributed by atoms with Gasteiger partial charge >= 0.3 is 0 Å². The minimum absolute atomic E-state index is 0.0244. The van der Waals surface area contributed by atoms with Crippen LogP contribution in [0.15, 0.2) is 18.2 Å². The summed E-state index contributed by atoms with van der Waals surface area (Å²) in [6, 6.07) is 4.95. The second-order valence-electron chi connectivity index (χ2n) is 4.69. The van der Waals surface area contributed by atoms with E-state index in [-0.39, 0.29) is 11.9 Å². The van der Waals surface area contributed by atoms with Crippen molar-refractivity contribution < 1.29 is 4.79 Å². The van der Waals surface area contributed by atoms with Crippen molar-refractivity contribution in [2.45, 2.75) is 13.0 Å². The highest BCUT2D eigenvalue weighted by atomic mass is 35.5. The summed E-state index contributed by atoms with van der Waals surface area (Å²) in [6.45, 7) is 5.53. The van der Waals surface area contributed by atoms with Crippen molar-refractivity contribution >= 4 is 28.9 Å². The summed E-state index contributed by atoms with van der Waals surface area (Å²) < 4.78 is 0. The van der Waals surface area contributed by atoms with E-state index in [0.717, 1.165) is 26.2 Å². The van der Waals surface area contributed by atoms with Gasteiger partial charge in [-0.3, -0.25) is 9.69 Å². The van der Waals surface area contributed by atoms with Crippen LogP contribution < -0.4 is 16.4 Å². The second-order valence-corrected chi connectivity index (χ2v) is 5.09. The van der Waals surface area contributed by atoms with Gasteiger partial charge in [0.15, 0.2) is 0 Å². The maximum atomic E-state index is 12.2. The van der Waals surface area contributed by atoms with Gasteiger partial charge in [0.2, 0.25) is 5.91 Å². The van der Waals surface area contributed by atoms with Gasteiger partial charge in [0.1, 0.15) is 0 Å². The van der Waals surface area contributed by atoms with Crippen molar-refractivity contribution in [1.82, 2.24) is 10.2 Å². The Morgan fingerprint density at radius 1 is 1.47 bits per heavy atom. The fourth-order valence-corrected chi connectivity index (χ4v) is 2.22. The summed E-state index contributed by atoms with van der Waals surface area (Å²) >= 11 is 5.85. The summed E-state index contributed by atoms with van der Waals surface area (Å²) in [5.41, 5.74) is 6.86. The first kappa shape index (κ1) is 14.1. The molecule has 0 aromatic heterocycles. The summed E-state index contributed by atoms with van der Waals surface area (Å²) in [4.78, 5) is 14.3. The van der Waals surface area contributed by atoms with E-state index in [9.17, 15) is 4.79 Å². The number of halogens is 1. The molecule has 0 spiro atoms. The van der Waals surface area contributed by atoms with E-state index in [2.05, 4.69) is 15.5 Å². The molecule has 1 heterocycles. The number of carbonyl (C=O) groups is 1. The van der Waals surface area contributed by atoms with Gasteiger partial charge in [-0.05, 0) is 25.1 Å². The number of nitrogens with zero attached hydrogens (tertiary/aromatic N) is 1. The van der Waals surface area contributed by atoms with Crippen LogP contribution >= 0.6 is 11.6 Å². The fraction of sp³-hybridized carbons (Fsp3) is 0.462. The molecule has 1 aliphatic heterocycles. The van der Waals surface area contributed by atoms with Gasteiger partial charge in [-0.15, -0.1) is 0 Å². The number of nitrogens with two attached hydrogens (primary N) is 1. The summed E-state index contributed by atoms with van der Waals surface area (Å²) in [6.07, 6.45) is 0. The lowest BCUT2D eigenvalue weighted by Crippen LogP contribution is -2.51. The lowest BCUT2D eigenvalue weighted by molar-refractivity contribution is -0.120. The van der Waals surface area contributed by atoms with Crippen LogP contribution in [0.5, 0.6) is 0 Å². The van der Waals surface area contributed by atoms with Crippen LogP contribution in [0.2, 0.25) is 5.02 Å². The molecule has 1 fully saturated rings. The highest BCUT2D eigenvalue weighted by Gasteiger charge is 2.22. The first-order chi connectivity index (χ1) is 9.08. The summed E-state index contributed by atoms with van der Waals surface area (Å²) in [7, 11) is 0. The fourth-order valence-electron chi connectivity index (χ4n) is 2.10. The van der Waals surface area contributed by atoms with Gasteiger partial charge in [-0.25, -0.2) is 0 Å². The number of piperazine rings is 1. The molecule has 1 aromatic rings. The Labute approximate surface area is 118 Å². The molecule has 6 heteroatoms. The largest absolute Gasteiger partial charge is 0.397 e. The van der Waals surface area contributed by atoms with Crippen molar-refractivity contribution in [2.24, 2.45) is 0 Å². The number of carbonyl (C=O) groups excluding carboxylic acids is 1. The van der Waals surface area contributed by atoms with E-state index >= 15 is 0 Å². The van der Waals surface area contributed by atoms with Crippen LogP contribution in [-0.4, -0.2) is 43.0 Å². The minimum atomic E-state index is -0.154. The third-order valence-electron chi connectivity index (χ3n) is 3.34. The van der Waals surface area contributed by atoms with Gasteiger partial charge in [-0.2, -0.15) is 0 Å². The molecule has 0 saturated carbocycles. The van der Waals surface area contributed by atoms with Gasteiger partial charge < -0.3 is 16.4 Å². The van der Waals surface area contributed by atoms with E-state index in [4.69, 9.17) is 17.3 Å². The zero-order valence-electron chi connectivity index (χ0n) is 10.9. The molecule has 0 aliphatic carbocycles. The first-order valence-corrected chi connectivity index (χ1v) is 6.76. The Hall–Kier alpha value is -1.30. The zero-order chi connectivity index (χ0) is 13.8. The van der Waals surface area contributed by atoms with Gasteiger partial charge in [0.25, 0.3) is 0 Å². The third kappa shape index (κ3) is 3.59. The molecule has 1 unspecified atom stereocenters. The van der Waals surface area contributed by atoms with Gasteiger partial charge in [0, 0.05) is 31.9 Å². The van der Waals surface area contributed by atoms with E-state index in [0.29, 0.717) is 16.4 Å². The quantitative estimate of drug-likeness (QED) is 0.728. The molecule has 1 amide bonds. The molecule has 104 valence electrons. The summed E-state index contributed by atoms with van der Waals surface area (Å²) in [5, 5.41) is 6.63. The smallest absolute Gasteiger partial charge is 0.241 e. The molecule has 4 N–H and O–H groups in total. The maximum absolute atomic E-state index is 12.2. The molecule has 2 rings (SSSR count). The van der Waals surface area contributed by atoms with Crippen molar-refractivity contribution in [2.75, 3.05) is 37.2 Å². The van der Waals surface area contributed by atoms with Crippen molar-refractivity contribution in [3.05, 3.63) is 23.2 Å². The molecule has 1 aliphatic rings. The first-order valence-electron chi connectivity index (χ1n) is 6.38. The molecule has 1 atom stereocenters. The normalized spacial score (nSPS) is 18.0. The number of amides is 1. The molecule has 1 saturated heterocycles. The predicted octanol–water partition coefficient (Wildman–Crippen LogP) is 1.15. The molecular weight excluding hydrogens is 264 g/mol. The third-order valence-corrected chi connectivity index (χ3v) is 3.69. The lowest BCUT2D eigenvalue weighted by Gasteiger charge is -2.31. The topological polar surface area (TPSA) is 70.4 Å². The Kier molecular flexibility index (Phi) is 4.63. The average molecular weight is 283 g/mol. The highest BCUT2D eigenvalue weighted by molar-refractivity contribution is 6.33. The molecule has 0 radical (unpaired) electrons. The SMILES string of the molecule is CC(C(=O)Nc1ccc(Cl)c(N)c1)N1CCNCC1. The van der Waals surface area contributed by atoms with E-state index < -0.39 is 0 Å².